The molecule has 0 aromatic carbocycles. The minimum atomic E-state index is -0.520. The van der Waals surface area contributed by atoms with E-state index in [4.69, 9.17) is 32.3 Å². The fraction of sp³-hybridized carbons (Fsp3) is 0.706. The first-order valence-corrected chi connectivity index (χ1v) is 8.35. The Morgan fingerprint density at radius 1 is 0.852 bits per heavy atom. The third-order valence-electron chi connectivity index (χ3n) is 3.01. The normalized spacial score (nSPS) is 13.5. The number of nitrogens with zero attached hydrogens (tertiary/aromatic N) is 1. The molecule has 0 aromatic heterocycles. The molecular weight excluding hydrogens is 397 g/mol. The van der Waals surface area contributed by atoms with Crippen LogP contribution in [-0.4, -0.2) is 55.9 Å². The van der Waals surface area contributed by atoms with E-state index in [9.17, 15) is 14.4 Å². The Bertz CT molecular complexity index is 481. The van der Waals surface area contributed by atoms with Crippen LogP contribution in [0.15, 0.2) is 0 Å². The van der Waals surface area contributed by atoms with Crippen molar-refractivity contribution in [1.82, 2.24) is 0 Å². The van der Waals surface area contributed by atoms with Crippen LogP contribution in [0, 0.1) is 12.5 Å². The molecule has 0 amide bonds. The van der Waals surface area contributed by atoms with E-state index in [1.165, 1.54) is 0 Å². The zero-order chi connectivity index (χ0) is 20.1. The molecule has 10 heteroatoms. The summed E-state index contributed by atoms with van der Waals surface area (Å²) in [4.78, 5) is 38.3. The van der Waals surface area contributed by atoms with E-state index in [-0.39, 0.29) is 74.3 Å². The standard InChI is InChI=1S/C17H29N3O6.Mn/c1-11(18)5-15(21)24-8-14(9-25-16(22)6-12(2)19)10-26-17(23)7-13(3)20-4;/h4,11-13H,5-10,18-19H2,1-3H3;. The van der Waals surface area contributed by atoms with Crippen LogP contribution < -0.4 is 11.5 Å². The van der Waals surface area contributed by atoms with Crippen LogP contribution in [0.3, 0.4) is 0 Å². The van der Waals surface area contributed by atoms with Gasteiger partial charge >= 0.3 is 17.9 Å². The summed E-state index contributed by atoms with van der Waals surface area (Å²) in [6, 6.07) is -1.05. The zero-order valence-electron chi connectivity index (χ0n) is 16.0. The molecule has 0 aliphatic carbocycles. The van der Waals surface area contributed by atoms with Crippen LogP contribution in [0.5, 0.6) is 0 Å². The molecule has 0 saturated heterocycles. The maximum atomic E-state index is 11.7. The molecule has 27 heavy (non-hydrogen) atoms. The molecular formula is C17H29MnN3O6. The summed E-state index contributed by atoms with van der Waals surface area (Å²) >= 11 is 0. The quantitative estimate of drug-likeness (QED) is 0.198. The first kappa shape index (κ1) is 27.6. The van der Waals surface area contributed by atoms with Gasteiger partial charge in [-0.3, -0.25) is 14.4 Å². The number of esters is 3. The van der Waals surface area contributed by atoms with E-state index < -0.39 is 17.9 Å². The second-order valence-corrected chi connectivity index (χ2v) is 6.30. The van der Waals surface area contributed by atoms with Gasteiger partial charge in [0.2, 0.25) is 0 Å². The third kappa shape index (κ3) is 16.3. The average molecular weight is 426 g/mol. The van der Waals surface area contributed by atoms with Crippen molar-refractivity contribution in [3.63, 3.8) is 0 Å². The van der Waals surface area contributed by atoms with Crippen LogP contribution in [0.2, 0.25) is 0 Å². The molecule has 0 spiro atoms. The van der Waals surface area contributed by atoms with E-state index >= 15 is 0 Å². The molecule has 0 bridgehead atoms. The number of carbonyl (C=O) groups is 3. The largest absolute Gasteiger partial charge is 0.498 e. The first-order chi connectivity index (χ1) is 12.1. The van der Waals surface area contributed by atoms with Crippen molar-refractivity contribution in [3.05, 3.63) is 10.8 Å². The number of ether oxygens (including phenoxy) is 3. The Morgan fingerprint density at radius 2 is 1.19 bits per heavy atom. The third-order valence-corrected chi connectivity index (χ3v) is 3.01. The molecule has 1 radical (unpaired) electrons. The molecule has 9 nitrogen and oxygen atoms in total. The molecule has 0 aliphatic rings. The van der Waals surface area contributed by atoms with Crippen LogP contribution >= 0.6 is 0 Å². The van der Waals surface area contributed by atoms with E-state index in [2.05, 4.69) is 4.85 Å². The minimum Gasteiger partial charge on any atom is -0.498 e. The van der Waals surface area contributed by atoms with Crippen molar-refractivity contribution in [2.45, 2.75) is 58.2 Å². The van der Waals surface area contributed by atoms with Gasteiger partial charge in [-0.15, -0.1) is 0 Å². The van der Waals surface area contributed by atoms with E-state index in [1.807, 2.05) is 0 Å². The van der Waals surface area contributed by atoms with Gasteiger partial charge < -0.3 is 25.7 Å². The van der Waals surface area contributed by atoms with Gasteiger partial charge in [0.25, 0.3) is 12.6 Å². The fourth-order valence-corrected chi connectivity index (χ4v) is 1.67. The van der Waals surface area contributed by atoms with Crippen molar-refractivity contribution in [2.75, 3.05) is 19.8 Å². The number of hydrogen-bond acceptors (Lipinski definition) is 8. The number of carbonyl (C=O) groups excluding carboxylic acids is 3. The molecule has 0 fully saturated rings. The summed E-state index contributed by atoms with van der Waals surface area (Å²) in [6.07, 6.45) is 0.110. The average Bonchev–Trinajstić information content (AvgIpc) is 2.52. The van der Waals surface area contributed by atoms with Crippen molar-refractivity contribution in [1.29, 1.82) is 0 Å². The minimum absolute atomic E-state index is 0. The van der Waals surface area contributed by atoms with Gasteiger partial charge in [0.1, 0.15) is 6.42 Å². The van der Waals surface area contributed by atoms with E-state index in [0.29, 0.717) is 5.92 Å². The molecule has 3 atom stereocenters. The molecule has 3 unspecified atom stereocenters. The first-order valence-electron chi connectivity index (χ1n) is 8.35. The van der Waals surface area contributed by atoms with Gasteiger partial charge in [0.15, 0.2) is 0 Å². The number of hydrogen-bond donors (Lipinski definition) is 2. The molecule has 0 aliphatic heterocycles. The zero-order valence-corrected chi connectivity index (χ0v) is 17.2. The summed E-state index contributed by atoms with van der Waals surface area (Å²) in [5, 5.41) is 0. The van der Waals surface area contributed by atoms with Crippen LogP contribution in [0.25, 0.3) is 4.85 Å². The molecule has 0 rings (SSSR count). The Morgan fingerprint density at radius 3 is 1.48 bits per heavy atom. The van der Waals surface area contributed by atoms with Crippen LogP contribution in [0.4, 0.5) is 0 Å². The summed E-state index contributed by atoms with van der Waals surface area (Å²) < 4.78 is 15.2. The van der Waals surface area contributed by atoms with Crippen molar-refractivity contribution in [2.24, 2.45) is 11.5 Å². The maximum absolute atomic E-state index is 11.7. The molecule has 4 N–H and O–H groups in total. The fourth-order valence-electron chi connectivity index (χ4n) is 1.67. The van der Waals surface area contributed by atoms with Crippen molar-refractivity contribution in [3.8, 4) is 6.57 Å². The maximum Gasteiger partial charge on any atom is 0.311 e. The second kappa shape index (κ2) is 15.4. The van der Waals surface area contributed by atoms with E-state index in [0.717, 1.165) is 0 Å². The van der Waals surface area contributed by atoms with Gasteiger partial charge in [0.05, 0.1) is 12.8 Å². The van der Waals surface area contributed by atoms with Crippen molar-refractivity contribution >= 4 is 17.9 Å². The monoisotopic (exact) mass is 426 g/mol. The van der Waals surface area contributed by atoms with Gasteiger partial charge in [-0.1, -0.05) is 4.85 Å². The molecule has 0 saturated carbocycles. The predicted octanol–water partition coefficient (Wildman–Crippen LogP) is 0.404. The Balaban J connectivity index is 0. The topological polar surface area (TPSA) is 135 Å². The Labute approximate surface area is 170 Å². The Kier molecular flexibility index (Phi) is 15.7. The second-order valence-electron chi connectivity index (χ2n) is 6.30. The number of nitrogens with two attached hydrogens (primary N) is 2. The predicted molar refractivity (Wildman–Crippen MR) is 95.0 cm³/mol. The molecule has 155 valence electrons. The number of rotatable bonds is 12. The Hall–Kier alpha value is -1.66. The summed E-state index contributed by atoms with van der Waals surface area (Å²) in [5.41, 5.74) is 11.1. The molecule has 0 heterocycles. The summed E-state index contributed by atoms with van der Waals surface area (Å²) in [6.45, 7) is 9.64. The smallest absolute Gasteiger partial charge is 0.311 e. The summed E-state index contributed by atoms with van der Waals surface area (Å²) in [5.74, 6) is -1.11. The van der Waals surface area contributed by atoms with Gasteiger partial charge in [-0.05, 0) is 33.7 Å². The SMILES string of the molecule is C#[N+]C(C)CC(=O)OC[C-](COC(=O)CC(C)N)COC(=O)CC(C)N.[Mn]. The van der Waals surface area contributed by atoms with Crippen molar-refractivity contribution < 1.29 is 45.7 Å². The summed E-state index contributed by atoms with van der Waals surface area (Å²) in [7, 11) is 0. The van der Waals surface area contributed by atoms with Gasteiger partial charge in [-0.25, -0.2) is 5.92 Å². The van der Waals surface area contributed by atoms with Crippen LogP contribution in [0.1, 0.15) is 40.0 Å². The van der Waals surface area contributed by atoms with Gasteiger partial charge in [-0.2, -0.15) is 0 Å². The van der Waals surface area contributed by atoms with Gasteiger partial charge in [0, 0.05) is 36.1 Å². The van der Waals surface area contributed by atoms with Crippen LogP contribution in [-0.2, 0) is 45.7 Å². The van der Waals surface area contributed by atoms with E-state index in [1.54, 1.807) is 20.8 Å². The molecule has 0 aromatic rings.